The fourth-order valence-corrected chi connectivity index (χ4v) is 1.07. The lowest BCUT2D eigenvalue weighted by atomic mass is 10.2. The zero-order chi connectivity index (χ0) is 9.52. The van der Waals surface area contributed by atoms with Gasteiger partial charge in [-0.2, -0.15) is 0 Å². The van der Waals surface area contributed by atoms with Gasteiger partial charge in [0.05, 0.1) is 4.48 Å². The lowest BCUT2D eigenvalue weighted by Gasteiger charge is -2.00. The summed E-state index contributed by atoms with van der Waals surface area (Å²) in [7, 11) is 0. The Balaban J connectivity index is 2.40. The average molecular weight is 239 g/mol. The van der Waals surface area contributed by atoms with E-state index in [9.17, 15) is 0 Å². The van der Waals surface area contributed by atoms with Crippen molar-refractivity contribution < 1.29 is 0 Å². The molecule has 0 aromatic heterocycles. The van der Waals surface area contributed by atoms with E-state index in [-0.39, 0.29) is 0 Å². The smallest absolute Gasteiger partial charge is 0.0507 e. The van der Waals surface area contributed by atoms with Crippen LogP contribution in [0.15, 0.2) is 41.0 Å². The molecule has 0 heterocycles. The summed E-state index contributed by atoms with van der Waals surface area (Å²) in [4.78, 5) is 0. The molecule has 0 fully saturated rings. The van der Waals surface area contributed by atoms with E-state index in [1.807, 2.05) is 18.2 Å². The third-order valence-electron chi connectivity index (χ3n) is 1.53. The predicted molar refractivity (Wildman–Crippen MR) is 59.1 cm³/mol. The van der Waals surface area contributed by atoms with Crippen LogP contribution >= 0.6 is 15.9 Å². The molecule has 0 aliphatic carbocycles. The summed E-state index contributed by atoms with van der Waals surface area (Å²) in [6, 6.07) is 10.1. The molecule has 0 amide bonds. The number of nitrogens with one attached hydrogen (secondary N) is 2. The molecular formula is C10H11BrN2. The van der Waals surface area contributed by atoms with Gasteiger partial charge in [0, 0.05) is 19.0 Å². The van der Waals surface area contributed by atoms with Crippen molar-refractivity contribution in [3.05, 3.63) is 46.6 Å². The second kappa shape index (κ2) is 5.54. The number of benzene rings is 1. The van der Waals surface area contributed by atoms with Gasteiger partial charge in [0.15, 0.2) is 0 Å². The van der Waals surface area contributed by atoms with Crippen LogP contribution in [-0.2, 0) is 6.54 Å². The summed E-state index contributed by atoms with van der Waals surface area (Å²) in [5.74, 6) is 0. The number of hydrogen-bond donors (Lipinski definition) is 2. The molecule has 1 aromatic rings. The molecule has 0 radical (unpaired) electrons. The Morgan fingerprint density at radius 1 is 1.38 bits per heavy atom. The third kappa shape index (κ3) is 3.90. The number of allylic oxidation sites excluding steroid dienone is 1. The minimum absolute atomic E-state index is 0.739. The van der Waals surface area contributed by atoms with Crippen molar-refractivity contribution in [2.75, 3.05) is 0 Å². The molecule has 2 N–H and O–H groups in total. The van der Waals surface area contributed by atoms with E-state index in [1.165, 1.54) is 11.8 Å². The highest BCUT2D eigenvalue weighted by Crippen LogP contribution is 2.00. The Labute approximate surface area is 86.3 Å². The maximum atomic E-state index is 6.91. The predicted octanol–water partition coefficient (Wildman–Crippen LogP) is 2.66. The first-order valence-electron chi connectivity index (χ1n) is 3.96. The second-order valence-electron chi connectivity index (χ2n) is 2.54. The lowest BCUT2D eigenvalue weighted by molar-refractivity contribution is 0.870. The fourth-order valence-electron chi connectivity index (χ4n) is 0.904. The van der Waals surface area contributed by atoms with Crippen molar-refractivity contribution in [3.8, 4) is 0 Å². The van der Waals surface area contributed by atoms with Gasteiger partial charge in [0.2, 0.25) is 0 Å². The van der Waals surface area contributed by atoms with E-state index in [2.05, 4.69) is 33.4 Å². The van der Waals surface area contributed by atoms with Crippen LogP contribution in [0.3, 0.4) is 0 Å². The van der Waals surface area contributed by atoms with Crippen LogP contribution in [0, 0.1) is 5.41 Å². The van der Waals surface area contributed by atoms with Crippen LogP contribution in [0.2, 0.25) is 0 Å². The molecule has 0 unspecified atom stereocenters. The summed E-state index contributed by atoms with van der Waals surface area (Å²) < 4.78 is 0.739. The molecule has 13 heavy (non-hydrogen) atoms. The molecular weight excluding hydrogens is 228 g/mol. The maximum absolute atomic E-state index is 6.91. The topological polar surface area (TPSA) is 35.9 Å². The van der Waals surface area contributed by atoms with Gasteiger partial charge in [-0.15, -0.1) is 0 Å². The van der Waals surface area contributed by atoms with E-state index < -0.39 is 0 Å². The van der Waals surface area contributed by atoms with Gasteiger partial charge < -0.3 is 10.7 Å². The molecule has 0 spiro atoms. The maximum Gasteiger partial charge on any atom is 0.0507 e. The molecule has 1 aromatic carbocycles. The minimum atomic E-state index is 0.739. The molecule has 0 saturated heterocycles. The van der Waals surface area contributed by atoms with E-state index in [0.717, 1.165) is 11.0 Å². The standard InChI is InChI=1S/C10H11BrN2/c11-10(6-12)8-13-7-9-4-2-1-3-5-9/h1-6,8,12-13H,7H2/b10-8+,12-6?. The second-order valence-corrected chi connectivity index (χ2v) is 3.46. The highest BCUT2D eigenvalue weighted by Gasteiger charge is 1.87. The fraction of sp³-hybridized carbons (Fsp3) is 0.100. The van der Waals surface area contributed by atoms with Crippen LogP contribution in [0.25, 0.3) is 0 Å². The van der Waals surface area contributed by atoms with Gasteiger partial charge in [-0.1, -0.05) is 30.3 Å². The Bertz CT molecular complexity index is 293. The summed E-state index contributed by atoms with van der Waals surface area (Å²) in [5, 5.41) is 10.0. The van der Waals surface area contributed by atoms with E-state index in [1.54, 1.807) is 6.20 Å². The van der Waals surface area contributed by atoms with Gasteiger partial charge in [0.25, 0.3) is 0 Å². The van der Waals surface area contributed by atoms with Gasteiger partial charge in [0.1, 0.15) is 0 Å². The monoisotopic (exact) mass is 238 g/mol. The summed E-state index contributed by atoms with van der Waals surface area (Å²) in [6.07, 6.45) is 3.01. The Hall–Kier alpha value is -1.09. The zero-order valence-electron chi connectivity index (χ0n) is 7.13. The summed E-state index contributed by atoms with van der Waals surface area (Å²) >= 11 is 3.21. The molecule has 0 aliphatic heterocycles. The van der Waals surface area contributed by atoms with Crippen LogP contribution in [0.4, 0.5) is 0 Å². The molecule has 0 bridgehead atoms. The van der Waals surface area contributed by atoms with Crippen LogP contribution < -0.4 is 5.32 Å². The first kappa shape index (κ1) is 9.99. The zero-order valence-corrected chi connectivity index (χ0v) is 8.71. The number of hydrogen-bond acceptors (Lipinski definition) is 2. The molecule has 3 heteroatoms. The van der Waals surface area contributed by atoms with E-state index >= 15 is 0 Å². The highest BCUT2D eigenvalue weighted by atomic mass is 79.9. The van der Waals surface area contributed by atoms with Crippen LogP contribution in [-0.4, -0.2) is 6.21 Å². The lowest BCUT2D eigenvalue weighted by Crippen LogP contribution is -2.04. The summed E-state index contributed by atoms with van der Waals surface area (Å²) in [6.45, 7) is 0.782. The van der Waals surface area contributed by atoms with Crippen molar-refractivity contribution in [2.45, 2.75) is 6.54 Å². The van der Waals surface area contributed by atoms with Crippen molar-refractivity contribution in [1.82, 2.24) is 5.32 Å². The van der Waals surface area contributed by atoms with Gasteiger partial charge in [-0.25, -0.2) is 0 Å². The van der Waals surface area contributed by atoms with Crippen molar-refractivity contribution in [1.29, 1.82) is 5.41 Å². The highest BCUT2D eigenvalue weighted by molar-refractivity contribution is 9.12. The molecule has 2 nitrogen and oxygen atoms in total. The molecule has 1 rings (SSSR count). The van der Waals surface area contributed by atoms with Crippen LogP contribution in [0.1, 0.15) is 5.56 Å². The number of halogens is 1. The minimum Gasteiger partial charge on any atom is -0.386 e. The van der Waals surface area contributed by atoms with Crippen LogP contribution in [0.5, 0.6) is 0 Å². The third-order valence-corrected chi connectivity index (χ3v) is 1.98. The Morgan fingerprint density at radius 2 is 2.08 bits per heavy atom. The number of rotatable bonds is 4. The Morgan fingerprint density at radius 3 is 2.69 bits per heavy atom. The molecule has 68 valence electrons. The summed E-state index contributed by atoms with van der Waals surface area (Å²) in [5.41, 5.74) is 1.23. The van der Waals surface area contributed by atoms with Gasteiger partial charge in [-0.05, 0) is 21.5 Å². The van der Waals surface area contributed by atoms with E-state index in [0.29, 0.717) is 0 Å². The first-order chi connectivity index (χ1) is 6.33. The SMILES string of the molecule is N=C/C(Br)=C\NCc1ccccc1. The molecule has 0 atom stereocenters. The molecule has 0 aliphatic rings. The quantitative estimate of drug-likeness (QED) is 0.778. The largest absolute Gasteiger partial charge is 0.386 e. The molecule has 0 saturated carbocycles. The Kier molecular flexibility index (Phi) is 4.26. The van der Waals surface area contributed by atoms with Crippen molar-refractivity contribution in [3.63, 3.8) is 0 Å². The average Bonchev–Trinajstić information content (AvgIpc) is 2.19. The van der Waals surface area contributed by atoms with Crippen molar-refractivity contribution >= 4 is 22.1 Å². The van der Waals surface area contributed by atoms with Gasteiger partial charge >= 0.3 is 0 Å². The van der Waals surface area contributed by atoms with Crippen molar-refractivity contribution in [2.24, 2.45) is 0 Å². The van der Waals surface area contributed by atoms with Gasteiger partial charge in [-0.3, -0.25) is 0 Å². The first-order valence-corrected chi connectivity index (χ1v) is 4.75. The normalized spacial score (nSPS) is 11.0. The van der Waals surface area contributed by atoms with E-state index in [4.69, 9.17) is 5.41 Å².